The van der Waals surface area contributed by atoms with Gasteiger partial charge in [-0.05, 0) is 0 Å². The molecule has 0 aliphatic rings. The van der Waals surface area contributed by atoms with Gasteiger partial charge in [-0.15, -0.1) is 24.8 Å². The standard InChI is InChI=1S/C6H4F4N2.2ClH/c7-1-2(8)5(11)4(10)6(12)3(1)9;;/h11-12H2;2*1H. The Morgan fingerprint density at radius 3 is 1.14 bits per heavy atom. The lowest BCUT2D eigenvalue weighted by Crippen LogP contribution is -2.07. The van der Waals surface area contributed by atoms with E-state index in [2.05, 4.69) is 0 Å². The van der Waals surface area contributed by atoms with E-state index in [1.807, 2.05) is 0 Å². The van der Waals surface area contributed by atoms with Crippen molar-refractivity contribution in [2.24, 2.45) is 0 Å². The zero-order chi connectivity index (χ0) is 9.46. The highest BCUT2D eigenvalue weighted by molar-refractivity contribution is 5.85. The summed E-state index contributed by atoms with van der Waals surface area (Å²) >= 11 is 0. The molecule has 0 radical (unpaired) electrons. The van der Waals surface area contributed by atoms with Crippen LogP contribution in [-0.4, -0.2) is 0 Å². The molecule has 0 saturated heterocycles. The second-order valence-electron chi connectivity index (χ2n) is 2.08. The molecule has 0 aliphatic heterocycles. The van der Waals surface area contributed by atoms with Gasteiger partial charge < -0.3 is 11.5 Å². The van der Waals surface area contributed by atoms with E-state index in [9.17, 15) is 17.6 Å². The molecule has 2 nitrogen and oxygen atoms in total. The predicted octanol–water partition coefficient (Wildman–Crippen LogP) is 2.25. The third kappa shape index (κ3) is 2.13. The summed E-state index contributed by atoms with van der Waals surface area (Å²) in [7, 11) is 0. The van der Waals surface area contributed by atoms with Crippen molar-refractivity contribution in [2.75, 3.05) is 11.5 Å². The number of rotatable bonds is 0. The van der Waals surface area contributed by atoms with Crippen LogP contribution < -0.4 is 11.5 Å². The van der Waals surface area contributed by atoms with Crippen LogP contribution in [0.3, 0.4) is 0 Å². The van der Waals surface area contributed by atoms with Gasteiger partial charge in [0.05, 0.1) is 0 Å². The topological polar surface area (TPSA) is 52.0 Å². The van der Waals surface area contributed by atoms with Gasteiger partial charge in [0.25, 0.3) is 0 Å². The minimum absolute atomic E-state index is 0. The second kappa shape index (κ2) is 5.11. The van der Waals surface area contributed by atoms with Crippen molar-refractivity contribution in [3.05, 3.63) is 23.3 Å². The molecule has 0 saturated carbocycles. The smallest absolute Gasteiger partial charge is 0.198 e. The van der Waals surface area contributed by atoms with Crippen molar-refractivity contribution in [3.63, 3.8) is 0 Å². The summed E-state index contributed by atoms with van der Waals surface area (Å²) in [5.74, 6) is -6.88. The number of hydrogen-bond acceptors (Lipinski definition) is 2. The molecular formula is C6H6Cl2F4N2. The van der Waals surface area contributed by atoms with Crippen LogP contribution >= 0.6 is 24.8 Å². The molecule has 14 heavy (non-hydrogen) atoms. The quantitative estimate of drug-likeness (QED) is 0.322. The number of halogens is 6. The maximum atomic E-state index is 12.5. The minimum Gasteiger partial charge on any atom is -0.394 e. The van der Waals surface area contributed by atoms with Gasteiger partial charge in [0, 0.05) is 0 Å². The van der Waals surface area contributed by atoms with Crippen molar-refractivity contribution in [3.8, 4) is 0 Å². The SMILES string of the molecule is Cl.Cl.Nc1c(F)c(N)c(F)c(F)c1F. The Labute approximate surface area is 89.1 Å². The molecule has 0 fully saturated rings. The highest BCUT2D eigenvalue weighted by Gasteiger charge is 2.21. The molecule has 0 unspecified atom stereocenters. The van der Waals surface area contributed by atoms with Gasteiger partial charge in [0.15, 0.2) is 23.3 Å². The first kappa shape index (κ1) is 15.6. The van der Waals surface area contributed by atoms with E-state index in [0.717, 1.165) is 0 Å². The normalized spacial score (nSPS) is 8.86. The predicted molar refractivity (Wildman–Crippen MR) is 49.6 cm³/mol. The van der Waals surface area contributed by atoms with Crippen molar-refractivity contribution in [1.29, 1.82) is 0 Å². The molecule has 0 aliphatic carbocycles. The Kier molecular flexibility index (Phi) is 5.69. The van der Waals surface area contributed by atoms with Crippen molar-refractivity contribution >= 4 is 36.2 Å². The molecule has 4 N–H and O–H groups in total. The fourth-order valence-corrected chi connectivity index (χ4v) is 0.671. The zero-order valence-corrected chi connectivity index (χ0v) is 8.12. The molecule has 0 aromatic heterocycles. The number of hydrogen-bond donors (Lipinski definition) is 2. The zero-order valence-electron chi connectivity index (χ0n) is 6.48. The Morgan fingerprint density at radius 1 is 0.571 bits per heavy atom. The van der Waals surface area contributed by atoms with E-state index in [1.165, 1.54) is 0 Å². The van der Waals surface area contributed by atoms with Gasteiger partial charge in [0.2, 0.25) is 0 Å². The van der Waals surface area contributed by atoms with Gasteiger partial charge in [-0.1, -0.05) is 0 Å². The lowest BCUT2D eigenvalue weighted by Gasteiger charge is -2.04. The lowest BCUT2D eigenvalue weighted by atomic mass is 10.2. The van der Waals surface area contributed by atoms with E-state index in [-0.39, 0.29) is 24.8 Å². The van der Waals surface area contributed by atoms with Gasteiger partial charge >= 0.3 is 0 Å². The average Bonchev–Trinajstić information content (AvgIpc) is 2.08. The van der Waals surface area contributed by atoms with E-state index < -0.39 is 34.6 Å². The summed E-state index contributed by atoms with van der Waals surface area (Å²) in [6.45, 7) is 0. The molecule has 1 aromatic rings. The number of anilines is 2. The van der Waals surface area contributed by atoms with Gasteiger partial charge in [0.1, 0.15) is 11.4 Å². The van der Waals surface area contributed by atoms with Gasteiger partial charge in [-0.2, -0.15) is 0 Å². The third-order valence-electron chi connectivity index (χ3n) is 1.33. The van der Waals surface area contributed by atoms with Gasteiger partial charge in [-0.3, -0.25) is 0 Å². The van der Waals surface area contributed by atoms with Gasteiger partial charge in [-0.25, -0.2) is 17.6 Å². The van der Waals surface area contributed by atoms with Crippen LogP contribution in [0.5, 0.6) is 0 Å². The Balaban J connectivity index is 0. The fourth-order valence-electron chi connectivity index (χ4n) is 0.671. The molecule has 1 aromatic carbocycles. The van der Waals surface area contributed by atoms with Crippen molar-refractivity contribution in [1.82, 2.24) is 0 Å². The second-order valence-corrected chi connectivity index (χ2v) is 2.08. The Morgan fingerprint density at radius 2 is 0.857 bits per heavy atom. The van der Waals surface area contributed by atoms with E-state index in [0.29, 0.717) is 0 Å². The van der Waals surface area contributed by atoms with Crippen molar-refractivity contribution < 1.29 is 17.6 Å². The average molecular weight is 253 g/mol. The maximum Gasteiger partial charge on any atom is 0.198 e. The van der Waals surface area contributed by atoms with Crippen LogP contribution in [0, 0.1) is 23.3 Å². The third-order valence-corrected chi connectivity index (χ3v) is 1.33. The first-order chi connectivity index (χ1) is 5.46. The summed E-state index contributed by atoms with van der Waals surface area (Å²) in [6.07, 6.45) is 0. The molecule has 0 amide bonds. The molecular weight excluding hydrogens is 247 g/mol. The van der Waals surface area contributed by atoms with Crippen LogP contribution in [0.25, 0.3) is 0 Å². The molecule has 0 heterocycles. The number of benzene rings is 1. The summed E-state index contributed by atoms with van der Waals surface area (Å²) < 4.78 is 49.7. The largest absolute Gasteiger partial charge is 0.394 e. The van der Waals surface area contributed by atoms with E-state index in [1.54, 1.807) is 0 Å². The van der Waals surface area contributed by atoms with Crippen LogP contribution in [0.2, 0.25) is 0 Å². The summed E-state index contributed by atoms with van der Waals surface area (Å²) in [5.41, 5.74) is 7.19. The van der Waals surface area contributed by atoms with E-state index in [4.69, 9.17) is 11.5 Å². The molecule has 1 rings (SSSR count). The minimum atomic E-state index is -1.87. The van der Waals surface area contributed by atoms with Crippen LogP contribution in [-0.2, 0) is 0 Å². The molecule has 0 bridgehead atoms. The Bertz CT molecular complexity index is 240. The highest BCUT2D eigenvalue weighted by atomic mass is 35.5. The summed E-state index contributed by atoms with van der Waals surface area (Å²) in [5, 5.41) is 0. The monoisotopic (exact) mass is 252 g/mol. The Hall–Kier alpha value is -0.880. The summed E-state index contributed by atoms with van der Waals surface area (Å²) in [4.78, 5) is 0. The lowest BCUT2D eigenvalue weighted by molar-refractivity contribution is 0.442. The molecule has 0 spiro atoms. The molecule has 82 valence electrons. The first-order valence-electron chi connectivity index (χ1n) is 2.83. The number of nitrogen functional groups attached to an aromatic ring is 2. The van der Waals surface area contributed by atoms with Crippen LogP contribution in [0.4, 0.5) is 28.9 Å². The van der Waals surface area contributed by atoms with Crippen LogP contribution in [0.15, 0.2) is 0 Å². The van der Waals surface area contributed by atoms with Crippen LogP contribution in [0.1, 0.15) is 0 Å². The first-order valence-corrected chi connectivity index (χ1v) is 2.83. The maximum absolute atomic E-state index is 12.5. The van der Waals surface area contributed by atoms with E-state index >= 15 is 0 Å². The highest BCUT2D eigenvalue weighted by Crippen LogP contribution is 2.26. The molecule has 8 heteroatoms. The number of nitrogens with two attached hydrogens (primary N) is 2. The molecule has 0 atom stereocenters. The fraction of sp³-hybridized carbons (Fsp3) is 0. The van der Waals surface area contributed by atoms with Crippen molar-refractivity contribution in [2.45, 2.75) is 0 Å². The summed E-state index contributed by atoms with van der Waals surface area (Å²) in [6, 6.07) is 0.